The van der Waals surface area contributed by atoms with E-state index in [0.717, 1.165) is 17.7 Å². The Morgan fingerprint density at radius 1 is 1.47 bits per heavy atom. The normalized spacial score (nSPS) is 15.6. The van der Waals surface area contributed by atoms with E-state index >= 15 is 0 Å². The predicted octanol–water partition coefficient (Wildman–Crippen LogP) is 1.39. The summed E-state index contributed by atoms with van der Waals surface area (Å²) in [6, 6.07) is 3.85. The van der Waals surface area contributed by atoms with Gasteiger partial charge in [0, 0.05) is 25.7 Å². The first-order valence-corrected chi connectivity index (χ1v) is 7.19. The van der Waals surface area contributed by atoms with E-state index in [1.807, 2.05) is 6.07 Å². The second kappa shape index (κ2) is 7.29. The maximum atomic E-state index is 12.0. The molecule has 4 nitrogen and oxygen atoms in total. The van der Waals surface area contributed by atoms with Gasteiger partial charge in [-0.05, 0) is 25.0 Å². The van der Waals surface area contributed by atoms with Gasteiger partial charge < -0.3 is 15.2 Å². The van der Waals surface area contributed by atoms with Crippen LogP contribution in [0.4, 0.5) is 0 Å². The lowest BCUT2D eigenvalue weighted by Crippen LogP contribution is -2.38. The molecule has 0 atom stereocenters. The van der Waals surface area contributed by atoms with Crippen molar-refractivity contribution in [3.8, 4) is 11.8 Å². The molecular weight excluding hydrogens is 262 g/mol. The molecule has 0 saturated carbocycles. The van der Waals surface area contributed by atoms with Gasteiger partial charge in [-0.3, -0.25) is 4.79 Å². The Morgan fingerprint density at radius 2 is 2.26 bits per heavy atom. The molecule has 1 aromatic rings. The number of hydrogen-bond acceptors (Lipinski definition) is 4. The number of hydrogen-bond donors (Lipinski definition) is 2. The van der Waals surface area contributed by atoms with Crippen molar-refractivity contribution < 1.29 is 14.6 Å². The molecule has 2 rings (SSSR count). The maximum absolute atomic E-state index is 12.0. The number of ether oxygens (including phenoxy) is 1. The van der Waals surface area contributed by atoms with Gasteiger partial charge in [0.05, 0.1) is 16.4 Å². The van der Waals surface area contributed by atoms with Gasteiger partial charge in [-0.15, -0.1) is 11.3 Å². The fourth-order valence-corrected chi connectivity index (χ4v) is 2.61. The Hall–Kier alpha value is -1.35. The average molecular weight is 279 g/mol. The van der Waals surface area contributed by atoms with Crippen molar-refractivity contribution in [3.05, 3.63) is 21.9 Å². The van der Waals surface area contributed by atoms with E-state index in [0.29, 0.717) is 24.5 Å². The summed E-state index contributed by atoms with van der Waals surface area (Å²) in [7, 11) is 0. The van der Waals surface area contributed by atoms with Crippen molar-refractivity contribution in [1.82, 2.24) is 5.32 Å². The van der Waals surface area contributed by atoms with Crippen LogP contribution in [0.25, 0.3) is 0 Å². The van der Waals surface area contributed by atoms with Gasteiger partial charge in [0.1, 0.15) is 0 Å². The van der Waals surface area contributed by atoms with Crippen molar-refractivity contribution in [1.29, 1.82) is 0 Å². The van der Waals surface area contributed by atoms with E-state index in [-0.39, 0.29) is 18.6 Å². The number of carbonyl (C=O) groups excluding carboxylic acids is 1. The van der Waals surface area contributed by atoms with Gasteiger partial charge in [0.15, 0.2) is 0 Å². The number of nitrogens with one attached hydrogen (secondary N) is 1. The molecule has 102 valence electrons. The van der Waals surface area contributed by atoms with E-state index in [2.05, 4.69) is 17.2 Å². The minimum absolute atomic E-state index is 0.0351. The molecule has 0 spiro atoms. The Balaban J connectivity index is 1.90. The minimum atomic E-state index is -0.0351. The lowest BCUT2D eigenvalue weighted by Gasteiger charge is -2.22. The van der Waals surface area contributed by atoms with Crippen molar-refractivity contribution in [3.63, 3.8) is 0 Å². The molecule has 0 aromatic carbocycles. The minimum Gasteiger partial charge on any atom is -0.395 e. The number of aliphatic hydroxyl groups is 1. The van der Waals surface area contributed by atoms with Gasteiger partial charge in [0.25, 0.3) is 5.91 Å². The molecule has 0 bridgehead atoms. The van der Waals surface area contributed by atoms with E-state index < -0.39 is 0 Å². The summed E-state index contributed by atoms with van der Waals surface area (Å²) in [4.78, 5) is 13.6. The van der Waals surface area contributed by atoms with Gasteiger partial charge in [-0.25, -0.2) is 0 Å². The summed E-state index contributed by atoms with van der Waals surface area (Å²) in [6.45, 7) is 1.50. The molecule has 2 heterocycles. The monoisotopic (exact) mass is 279 g/mol. The first-order valence-electron chi connectivity index (χ1n) is 6.38. The average Bonchev–Trinajstić information content (AvgIpc) is 2.89. The van der Waals surface area contributed by atoms with Gasteiger partial charge in [-0.1, -0.05) is 11.8 Å². The molecule has 1 aliphatic heterocycles. The SMILES string of the molecule is O=C(NC1CCOCC1)c1ccc(C#CCCO)s1. The fourth-order valence-electron chi connectivity index (χ4n) is 1.83. The molecule has 1 fully saturated rings. The van der Waals surface area contributed by atoms with Crippen molar-refractivity contribution >= 4 is 17.2 Å². The van der Waals surface area contributed by atoms with Gasteiger partial charge >= 0.3 is 0 Å². The highest BCUT2D eigenvalue weighted by Crippen LogP contribution is 2.16. The quantitative estimate of drug-likeness (QED) is 0.822. The second-order valence-electron chi connectivity index (χ2n) is 4.30. The summed E-state index contributed by atoms with van der Waals surface area (Å²) >= 11 is 1.38. The molecule has 1 aliphatic rings. The lowest BCUT2D eigenvalue weighted by molar-refractivity contribution is 0.0698. The molecule has 1 saturated heterocycles. The van der Waals surface area contributed by atoms with E-state index in [1.165, 1.54) is 11.3 Å². The summed E-state index contributed by atoms with van der Waals surface area (Å²) < 4.78 is 5.26. The maximum Gasteiger partial charge on any atom is 0.261 e. The number of thiophene rings is 1. The first-order chi connectivity index (χ1) is 9.29. The summed E-state index contributed by atoms with van der Waals surface area (Å²) in [5, 5.41) is 11.7. The molecule has 5 heteroatoms. The first kappa shape index (κ1) is 14.1. The Morgan fingerprint density at radius 3 is 3.00 bits per heavy atom. The third-order valence-electron chi connectivity index (χ3n) is 2.83. The van der Waals surface area contributed by atoms with E-state index in [9.17, 15) is 4.79 Å². The zero-order valence-corrected chi connectivity index (χ0v) is 11.5. The molecule has 0 aliphatic carbocycles. The molecule has 19 heavy (non-hydrogen) atoms. The molecular formula is C14H17NO3S. The van der Waals surface area contributed by atoms with Crippen LogP contribution in [0, 0.1) is 11.8 Å². The summed E-state index contributed by atoms with van der Waals surface area (Å²) in [5.74, 6) is 5.75. The van der Waals surface area contributed by atoms with Crippen molar-refractivity contribution in [2.75, 3.05) is 19.8 Å². The van der Waals surface area contributed by atoms with Crippen molar-refractivity contribution in [2.45, 2.75) is 25.3 Å². The van der Waals surface area contributed by atoms with Gasteiger partial charge in [0.2, 0.25) is 0 Å². The molecule has 2 N–H and O–H groups in total. The predicted molar refractivity (Wildman–Crippen MR) is 74.2 cm³/mol. The van der Waals surface area contributed by atoms with Gasteiger partial charge in [-0.2, -0.15) is 0 Å². The third kappa shape index (κ3) is 4.35. The Bertz CT molecular complexity index is 480. The third-order valence-corrected chi connectivity index (χ3v) is 3.83. The fraction of sp³-hybridized carbons (Fsp3) is 0.500. The molecule has 1 aromatic heterocycles. The zero-order chi connectivity index (χ0) is 13.5. The topological polar surface area (TPSA) is 58.6 Å². The lowest BCUT2D eigenvalue weighted by atomic mass is 10.1. The highest BCUT2D eigenvalue weighted by atomic mass is 32.1. The molecule has 0 unspecified atom stereocenters. The number of carbonyl (C=O) groups is 1. The van der Waals surface area contributed by atoms with Crippen LogP contribution in [0.5, 0.6) is 0 Å². The molecule has 1 amide bonds. The highest BCUT2D eigenvalue weighted by Gasteiger charge is 2.17. The number of amides is 1. The van der Waals surface area contributed by atoms with Crippen LogP contribution in [0.3, 0.4) is 0 Å². The van der Waals surface area contributed by atoms with E-state index in [1.54, 1.807) is 6.07 Å². The van der Waals surface area contributed by atoms with Crippen LogP contribution in [-0.4, -0.2) is 36.9 Å². The molecule has 0 radical (unpaired) electrons. The largest absolute Gasteiger partial charge is 0.395 e. The van der Waals surface area contributed by atoms with Crippen LogP contribution >= 0.6 is 11.3 Å². The summed E-state index contributed by atoms with van der Waals surface area (Å²) in [5.41, 5.74) is 0. The zero-order valence-electron chi connectivity index (χ0n) is 10.6. The summed E-state index contributed by atoms with van der Waals surface area (Å²) in [6.07, 6.45) is 2.21. The van der Waals surface area contributed by atoms with Crippen LogP contribution in [0.15, 0.2) is 12.1 Å². The smallest absolute Gasteiger partial charge is 0.261 e. The number of aliphatic hydroxyl groups excluding tert-OH is 1. The van der Waals surface area contributed by atoms with E-state index in [4.69, 9.17) is 9.84 Å². The van der Waals surface area contributed by atoms with Crippen molar-refractivity contribution in [2.24, 2.45) is 0 Å². The van der Waals surface area contributed by atoms with Crippen LogP contribution < -0.4 is 5.32 Å². The second-order valence-corrected chi connectivity index (χ2v) is 5.38. The Labute approximate surface area is 116 Å². The highest BCUT2D eigenvalue weighted by molar-refractivity contribution is 7.14. The Kier molecular flexibility index (Phi) is 5.40. The van der Waals surface area contributed by atoms with Crippen LogP contribution in [0.1, 0.15) is 33.8 Å². The van der Waals surface area contributed by atoms with Crippen LogP contribution in [0.2, 0.25) is 0 Å². The standard InChI is InChI=1S/C14H17NO3S/c16-8-2-1-3-12-4-5-13(19-12)14(17)15-11-6-9-18-10-7-11/h4-5,11,16H,2,6-10H2,(H,15,17). The number of rotatable bonds is 3. The van der Waals surface area contributed by atoms with Crippen LogP contribution in [-0.2, 0) is 4.74 Å².